The second-order valence-corrected chi connectivity index (χ2v) is 7.02. The summed E-state index contributed by atoms with van der Waals surface area (Å²) in [5, 5.41) is 28.9. The molecule has 4 atom stereocenters. The third-order valence-corrected chi connectivity index (χ3v) is 4.66. The Hall–Kier alpha value is -0.460. The Morgan fingerprint density at radius 3 is 2.24 bits per heavy atom. The topological polar surface area (TPSA) is 79.2 Å². The number of ether oxygens (including phenoxy) is 2. The SMILES string of the molecule is CCCCCCC/C=C/CCCCCOC[C@H](O)[C@H]1OC[C@@H](O)[C@H]1O. The van der Waals surface area contributed by atoms with Crippen LogP contribution in [0.15, 0.2) is 12.2 Å². The Bertz CT molecular complexity index is 334. The second-order valence-electron chi connectivity index (χ2n) is 7.02. The highest BCUT2D eigenvalue weighted by Gasteiger charge is 2.39. The molecule has 0 aromatic carbocycles. The molecule has 0 aromatic rings. The summed E-state index contributed by atoms with van der Waals surface area (Å²) < 4.78 is 10.6. The Morgan fingerprint density at radius 1 is 1.00 bits per heavy atom. The van der Waals surface area contributed by atoms with Gasteiger partial charge in [-0.2, -0.15) is 0 Å². The molecule has 1 aliphatic heterocycles. The fourth-order valence-corrected chi connectivity index (χ4v) is 3.01. The normalized spacial score (nSPS) is 25.0. The molecule has 0 bridgehead atoms. The van der Waals surface area contributed by atoms with Crippen molar-refractivity contribution in [3.8, 4) is 0 Å². The zero-order valence-corrected chi connectivity index (χ0v) is 15.8. The molecule has 0 amide bonds. The van der Waals surface area contributed by atoms with E-state index < -0.39 is 24.4 Å². The molecule has 1 aliphatic rings. The average Bonchev–Trinajstić information content (AvgIpc) is 2.94. The number of hydrogen-bond acceptors (Lipinski definition) is 5. The predicted octanol–water partition coefficient (Wildman–Crippen LogP) is 2.96. The van der Waals surface area contributed by atoms with Gasteiger partial charge in [0.15, 0.2) is 0 Å². The summed E-state index contributed by atoms with van der Waals surface area (Å²) in [6.45, 7) is 3.04. The lowest BCUT2D eigenvalue weighted by atomic mass is 10.1. The van der Waals surface area contributed by atoms with E-state index in [0.717, 1.165) is 25.7 Å². The van der Waals surface area contributed by atoms with Crippen LogP contribution in [0.25, 0.3) is 0 Å². The number of hydrogen-bond donors (Lipinski definition) is 3. The molecule has 3 N–H and O–H groups in total. The number of unbranched alkanes of at least 4 members (excludes halogenated alkanes) is 8. The molecule has 1 rings (SSSR count). The van der Waals surface area contributed by atoms with E-state index in [2.05, 4.69) is 19.1 Å². The molecule has 1 saturated heterocycles. The molecule has 25 heavy (non-hydrogen) atoms. The summed E-state index contributed by atoms with van der Waals surface area (Å²) in [4.78, 5) is 0. The molecule has 1 fully saturated rings. The van der Waals surface area contributed by atoms with E-state index in [9.17, 15) is 15.3 Å². The van der Waals surface area contributed by atoms with E-state index >= 15 is 0 Å². The number of aliphatic hydroxyl groups excluding tert-OH is 3. The van der Waals surface area contributed by atoms with Crippen molar-refractivity contribution < 1.29 is 24.8 Å². The van der Waals surface area contributed by atoms with E-state index in [0.29, 0.717) is 6.61 Å². The maximum Gasteiger partial charge on any atom is 0.114 e. The van der Waals surface area contributed by atoms with Crippen molar-refractivity contribution in [2.45, 2.75) is 95.5 Å². The summed E-state index contributed by atoms with van der Waals surface area (Å²) in [6.07, 6.45) is 13.3. The lowest BCUT2D eigenvalue weighted by molar-refractivity contribution is -0.0813. The molecule has 5 nitrogen and oxygen atoms in total. The minimum Gasteiger partial charge on any atom is -0.388 e. The summed E-state index contributed by atoms with van der Waals surface area (Å²) >= 11 is 0. The average molecular weight is 359 g/mol. The van der Waals surface area contributed by atoms with Gasteiger partial charge in [0.05, 0.1) is 13.2 Å². The van der Waals surface area contributed by atoms with Gasteiger partial charge in [0.25, 0.3) is 0 Å². The van der Waals surface area contributed by atoms with Crippen molar-refractivity contribution in [1.82, 2.24) is 0 Å². The van der Waals surface area contributed by atoms with Crippen LogP contribution in [0.4, 0.5) is 0 Å². The summed E-state index contributed by atoms with van der Waals surface area (Å²) in [5.41, 5.74) is 0. The van der Waals surface area contributed by atoms with E-state index in [1.807, 2.05) is 0 Å². The van der Waals surface area contributed by atoms with Crippen molar-refractivity contribution >= 4 is 0 Å². The fraction of sp³-hybridized carbons (Fsp3) is 0.900. The van der Waals surface area contributed by atoms with Crippen molar-refractivity contribution in [3.63, 3.8) is 0 Å². The van der Waals surface area contributed by atoms with Gasteiger partial charge in [0.1, 0.15) is 24.4 Å². The third-order valence-electron chi connectivity index (χ3n) is 4.66. The Balaban J connectivity index is 1.86. The highest BCUT2D eigenvalue weighted by Crippen LogP contribution is 2.17. The maximum absolute atomic E-state index is 9.90. The zero-order chi connectivity index (χ0) is 18.3. The zero-order valence-electron chi connectivity index (χ0n) is 15.8. The van der Waals surface area contributed by atoms with E-state index in [-0.39, 0.29) is 13.2 Å². The van der Waals surface area contributed by atoms with Gasteiger partial charge < -0.3 is 24.8 Å². The number of allylic oxidation sites excluding steroid dienone is 2. The number of aliphatic hydroxyl groups is 3. The largest absolute Gasteiger partial charge is 0.388 e. The molecular formula is C20H38O5. The van der Waals surface area contributed by atoms with Crippen LogP contribution in [0.5, 0.6) is 0 Å². The van der Waals surface area contributed by atoms with Crippen LogP contribution in [0.3, 0.4) is 0 Å². The second kappa shape index (κ2) is 14.7. The van der Waals surface area contributed by atoms with Gasteiger partial charge in [0, 0.05) is 6.61 Å². The van der Waals surface area contributed by atoms with Gasteiger partial charge in [-0.05, 0) is 32.1 Å². The van der Waals surface area contributed by atoms with Crippen molar-refractivity contribution in [1.29, 1.82) is 0 Å². The minimum atomic E-state index is -1.03. The van der Waals surface area contributed by atoms with Gasteiger partial charge in [-0.3, -0.25) is 0 Å². The summed E-state index contributed by atoms with van der Waals surface area (Å²) in [5.74, 6) is 0. The molecule has 0 radical (unpaired) electrons. The van der Waals surface area contributed by atoms with Crippen LogP contribution in [0, 0.1) is 0 Å². The fourth-order valence-electron chi connectivity index (χ4n) is 3.01. The smallest absolute Gasteiger partial charge is 0.114 e. The number of rotatable bonds is 15. The standard InChI is InChI=1S/C20H38O5/c1-2-3-4-5-6-7-8-9-10-11-12-13-14-24-15-18(22)20-19(23)17(21)16-25-20/h8-9,17-23H,2-7,10-16H2,1H3/b9-8+/t17-,18+,19-,20-/m1/s1. The van der Waals surface area contributed by atoms with Crippen LogP contribution >= 0.6 is 0 Å². The predicted molar refractivity (Wildman–Crippen MR) is 99.6 cm³/mol. The van der Waals surface area contributed by atoms with E-state index in [1.54, 1.807) is 0 Å². The molecule has 0 spiro atoms. The van der Waals surface area contributed by atoms with Crippen LogP contribution in [0.1, 0.15) is 71.1 Å². The quantitative estimate of drug-likeness (QED) is 0.310. The van der Waals surface area contributed by atoms with Crippen LogP contribution in [-0.4, -0.2) is 59.6 Å². The van der Waals surface area contributed by atoms with Gasteiger partial charge >= 0.3 is 0 Å². The van der Waals surface area contributed by atoms with E-state index in [4.69, 9.17) is 9.47 Å². The summed E-state index contributed by atoms with van der Waals surface area (Å²) in [7, 11) is 0. The molecule has 1 heterocycles. The van der Waals surface area contributed by atoms with Gasteiger partial charge in [-0.15, -0.1) is 0 Å². The van der Waals surface area contributed by atoms with Crippen LogP contribution in [0.2, 0.25) is 0 Å². The van der Waals surface area contributed by atoms with E-state index in [1.165, 1.54) is 38.5 Å². The molecule has 0 aromatic heterocycles. The van der Waals surface area contributed by atoms with Crippen LogP contribution < -0.4 is 0 Å². The van der Waals surface area contributed by atoms with Crippen LogP contribution in [-0.2, 0) is 9.47 Å². The summed E-state index contributed by atoms with van der Waals surface area (Å²) in [6, 6.07) is 0. The first-order valence-corrected chi connectivity index (χ1v) is 10.0. The highest BCUT2D eigenvalue weighted by molar-refractivity contribution is 4.87. The van der Waals surface area contributed by atoms with Gasteiger partial charge in [0.2, 0.25) is 0 Å². The first-order chi connectivity index (χ1) is 12.2. The lowest BCUT2D eigenvalue weighted by Crippen LogP contribution is -2.40. The first kappa shape index (κ1) is 22.6. The van der Waals surface area contributed by atoms with Crippen molar-refractivity contribution in [2.24, 2.45) is 0 Å². The Kier molecular flexibility index (Phi) is 13.3. The third kappa shape index (κ3) is 10.3. The Labute approximate surface area is 153 Å². The molecule has 0 saturated carbocycles. The molecule has 0 unspecified atom stereocenters. The monoisotopic (exact) mass is 358 g/mol. The lowest BCUT2D eigenvalue weighted by Gasteiger charge is -2.20. The van der Waals surface area contributed by atoms with Gasteiger partial charge in [-0.25, -0.2) is 0 Å². The molecule has 0 aliphatic carbocycles. The van der Waals surface area contributed by atoms with Crippen molar-refractivity contribution in [3.05, 3.63) is 12.2 Å². The highest BCUT2D eigenvalue weighted by atomic mass is 16.5. The van der Waals surface area contributed by atoms with Crippen molar-refractivity contribution in [2.75, 3.05) is 19.8 Å². The molecule has 148 valence electrons. The van der Waals surface area contributed by atoms with Gasteiger partial charge in [-0.1, -0.05) is 51.2 Å². The maximum atomic E-state index is 9.90. The minimum absolute atomic E-state index is 0.0646. The molecule has 5 heteroatoms. The molecular weight excluding hydrogens is 320 g/mol. The Morgan fingerprint density at radius 2 is 1.64 bits per heavy atom. The first-order valence-electron chi connectivity index (χ1n) is 10.0.